The van der Waals surface area contributed by atoms with E-state index in [9.17, 15) is 9.59 Å². The first-order valence-corrected chi connectivity index (χ1v) is 8.83. The monoisotopic (exact) mass is 353 g/mol. The van der Waals surface area contributed by atoms with E-state index in [1.807, 2.05) is 42.5 Å². The molecule has 1 unspecified atom stereocenters. The maximum atomic E-state index is 12.4. The summed E-state index contributed by atoms with van der Waals surface area (Å²) in [6, 6.07) is 15.2. The second-order valence-electron chi connectivity index (χ2n) is 6.45. The first-order chi connectivity index (χ1) is 12.7. The predicted molar refractivity (Wildman–Crippen MR) is 99.0 cm³/mol. The summed E-state index contributed by atoms with van der Waals surface area (Å²) < 4.78 is 10.2. The number of benzene rings is 2. The molecule has 1 heterocycles. The highest BCUT2D eigenvalue weighted by atomic mass is 16.5. The van der Waals surface area contributed by atoms with Crippen LogP contribution in [-0.2, 0) is 27.3 Å². The highest BCUT2D eigenvalue weighted by molar-refractivity contribution is 5.91. The molecule has 2 aromatic rings. The van der Waals surface area contributed by atoms with E-state index in [1.165, 1.54) is 7.11 Å². The second-order valence-corrected chi connectivity index (χ2v) is 6.45. The summed E-state index contributed by atoms with van der Waals surface area (Å²) in [5.41, 5.74) is 3.50. The molecule has 0 radical (unpaired) electrons. The molecule has 0 aliphatic carbocycles. The summed E-state index contributed by atoms with van der Waals surface area (Å²) in [5, 5.41) is 3.39. The SMILES string of the molecule is COC(=O)CC1CCCc2ccc(C(=O)OCc3ccccc3)cc2N1. The number of aryl methyl sites for hydroxylation is 1. The van der Waals surface area contributed by atoms with Gasteiger partial charge >= 0.3 is 11.9 Å². The van der Waals surface area contributed by atoms with Crippen LogP contribution in [0.15, 0.2) is 48.5 Å². The number of esters is 2. The summed E-state index contributed by atoms with van der Waals surface area (Å²) in [5.74, 6) is -0.586. The lowest BCUT2D eigenvalue weighted by molar-refractivity contribution is -0.140. The number of ether oxygens (including phenoxy) is 2. The Morgan fingerprint density at radius 3 is 2.73 bits per heavy atom. The Morgan fingerprint density at radius 2 is 1.96 bits per heavy atom. The van der Waals surface area contributed by atoms with Gasteiger partial charge in [-0.1, -0.05) is 36.4 Å². The van der Waals surface area contributed by atoms with Gasteiger partial charge in [0.25, 0.3) is 0 Å². The highest BCUT2D eigenvalue weighted by Gasteiger charge is 2.20. The molecular weight excluding hydrogens is 330 g/mol. The minimum Gasteiger partial charge on any atom is -0.469 e. The van der Waals surface area contributed by atoms with Crippen LogP contribution in [0.25, 0.3) is 0 Å². The molecule has 0 saturated carbocycles. The van der Waals surface area contributed by atoms with Crippen LogP contribution in [0.4, 0.5) is 5.69 Å². The quantitative estimate of drug-likeness (QED) is 0.830. The van der Waals surface area contributed by atoms with Crippen LogP contribution >= 0.6 is 0 Å². The molecule has 1 atom stereocenters. The molecule has 26 heavy (non-hydrogen) atoms. The van der Waals surface area contributed by atoms with Crippen molar-refractivity contribution >= 4 is 17.6 Å². The standard InChI is InChI=1S/C21H23NO4/c1-25-20(23)13-18-9-5-8-16-10-11-17(12-19(16)22-18)21(24)26-14-15-6-3-2-4-7-15/h2-4,6-7,10-12,18,22H,5,8-9,13-14H2,1H3. The fourth-order valence-electron chi connectivity index (χ4n) is 3.13. The van der Waals surface area contributed by atoms with E-state index in [0.717, 1.165) is 36.1 Å². The summed E-state index contributed by atoms with van der Waals surface area (Å²) in [4.78, 5) is 23.9. The van der Waals surface area contributed by atoms with E-state index >= 15 is 0 Å². The number of hydrogen-bond acceptors (Lipinski definition) is 5. The first kappa shape index (κ1) is 18.0. The molecule has 2 aromatic carbocycles. The molecule has 0 bridgehead atoms. The van der Waals surface area contributed by atoms with Crippen LogP contribution in [0, 0.1) is 0 Å². The number of rotatable bonds is 5. The van der Waals surface area contributed by atoms with Gasteiger partial charge in [-0.05, 0) is 42.5 Å². The van der Waals surface area contributed by atoms with E-state index < -0.39 is 0 Å². The topological polar surface area (TPSA) is 64.6 Å². The molecule has 1 N–H and O–H groups in total. The van der Waals surface area contributed by atoms with Crippen molar-refractivity contribution in [1.82, 2.24) is 0 Å². The van der Waals surface area contributed by atoms with Crippen LogP contribution in [0.5, 0.6) is 0 Å². The van der Waals surface area contributed by atoms with Gasteiger partial charge in [0.2, 0.25) is 0 Å². The average Bonchev–Trinajstić information content (AvgIpc) is 2.87. The molecule has 1 aliphatic rings. The van der Waals surface area contributed by atoms with Crippen LogP contribution in [0.2, 0.25) is 0 Å². The molecular formula is C21H23NO4. The molecule has 0 saturated heterocycles. The number of nitrogens with one attached hydrogen (secondary N) is 1. The van der Waals surface area contributed by atoms with E-state index in [-0.39, 0.29) is 24.6 Å². The van der Waals surface area contributed by atoms with Crippen molar-refractivity contribution in [2.24, 2.45) is 0 Å². The lowest BCUT2D eigenvalue weighted by Crippen LogP contribution is -2.23. The zero-order chi connectivity index (χ0) is 18.4. The van der Waals surface area contributed by atoms with Crippen LogP contribution in [-0.4, -0.2) is 25.1 Å². The molecule has 0 aromatic heterocycles. The van der Waals surface area contributed by atoms with Crippen molar-refractivity contribution in [2.75, 3.05) is 12.4 Å². The lowest BCUT2D eigenvalue weighted by atomic mass is 10.0. The normalized spacial score (nSPS) is 16.0. The van der Waals surface area contributed by atoms with E-state index in [0.29, 0.717) is 12.0 Å². The molecule has 5 nitrogen and oxygen atoms in total. The van der Waals surface area contributed by atoms with Gasteiger partial charge in [-0.3, -0.25) is 4.79 Å². The van der Waals surface area contributed by atoms with E-state index in [4.69, 9.17) is 9.47 Å². The number of carbonyl (C=O) groups is 2. The Bertz CT molecular complexity index is 773. The molecule has 0 fully saturated rings. The van der Waals surface area contributed by atoms with Crippen molar-refractivity contribution in [1.29, 1.82) is 0 Å². The van der Waals surface area contributed by atoms with Gasteiger partial charge in [0.1, 0.15) is 6.61 Å². The Hall–Kier alpha value is -2.82. The maximum Gasteiger partial charge on any atom is 0.338 e. The Kier molecular flexibility index (Phi) is 5.89. The largest absolute Gasteiger partial charge is 0.469 e. The predicted octanol–water partition coefficient (Wildman–Crippen LogP) is 3.72. The molecule has 136 valence electrons. The van der Waals surface area contributed by atoms with Crippen molar-refractivity contribution in [3.63, 3.8) is 0 Å². The molecule has 1 aliphatic heterocycles. The van der Waals surface area contributed by atoms with E-state index in [2.05, 4.69) is 5.32 Å². The van der Waals surface area contributed by atoms with Gasteiger partial charge in [-0.2, -0.15) is 0 Å². The van der Waals surface area contributed by atoms with Crippen LogP contribution in [0.3, 0.4) is 0 Å². The zero-order valence-electron chi connectivity index (χ0n) is 14.9. The summed E-state index contributed by atoms with van der Waals surface area (Å²) in [7, 11) is 1.40. The summed E-state index contributed by atoms with van der Waals surface area (Å²) >= 11 is 0. The number of carbonyl (C=O) groups excluding carboxylic acids is 2. The second kappa shape index (κ2) is 8.52. The Morgan fingerprint density at radius 1 is 1.15 bits per heavy atom. The average molecular weight is 353 g/mol. The van der Waals surface area contributed by atoms with Gasteiger partial charge in [-0.25, -0.2) is 4.79 Å². The molecule has 0 amide bonds. The minimum atomic E-state index is -0.354. The molecule has 3 rings (SSSR count). The molecule has 5 heteroatoms. The minimum absolute atomic E-state index is 0.0132. The van der Waals surface area contributed by atoms with Gasteiger partial charge in [0, 0.05) is 11.7 Å². The fraction of sp³-hybridized carbons (Fsp3) is 0.333. The zero-order valence-corrected chi connectivity index (χ0v) is 14.9. The van der Waals surface area contributed by atoms with Crippen molar-refractivity contribution in [3.8, 4) is 0 Å². The van der Waals surface area contributed by atoms with Gasteiger partial charge < -0.3 is 14.8 Å². The van der Waals surface area contributed by atoms with Gasteiger partial charge in [0.15, 0.2) is 0 Å². The number of hydrogen-bond donors (Lipinski definition) is 1. The Balaban J connectivity index is 1.68. The smallest absolute Gasteiger partial charge is 0.338 e. The number of fused-ring (bicyclic) bond motifs is 1. The first-order valence-electron chi connectivity index (χ1n) is 8.83. The van der Waals surface area contributed by atoms with Gasteiger partial charge in [-0.15, -0.1) is 0 Å². The van der Waals surface area contributed by atoms with Gasteiger partial charge in [0.05, 0.1) is 19.1 Å². The third-order valence-corrected chi connectivity index (χ3v) is 4.56. The third kappa shape index (κ3) is 4.63. The van der Waals surface area contributed by atoms with Crippen molar-refractivity contribution < 1.29 is 19.1 Å². The number of methoxy groups -OCH3 is 1. The lowest BCUT2D eigenvalue weighted by Gasteiger charge is -2.17. The summed E-state index contributed by atoms with van der Waals surface area (Å²) in [6.07, 6.45) is 3.11. The maximum absolute atomic E-state index is 12.4. The van der Waals surface area contributed by atoms with Crippen molar-refractivity contribution in [2.45, 2.75) is 38.3 Å². The van der Waals surface area contributed by atoms with Crippen LogP contribution < -0.4 is 5.32 Å². The van der Waals surface area contributed by atoms with E-state index in [1.54, 1.807) is 6.07 Å². The van der Waals surface area contributed by atoms with Crippen LogP contribution in [0.1, 0.15) is 40.7 Å². The number of anilines is 1. The highest BCUT2D eigenvalue weighted by Crippen LogP contribution is 2.27. The molecule has 0 spiro atoms. The summed E-state index contributed by atoms with van der Waals surface area (Å²) in [6.45, 7) is 0.245. The fourth-order valence-corrected chi connectivity index (χ4v) is 3.13. The third-order valence-electron chi connectivity index (χ3n) is 4.56. The Labute approximate surface area is 153 Å². The van der Waals surface area contributed by atoms with Crippen molar-refractivity contribution in [3.05, 3.63) is 65.2 Å².